The number of furan rings is 3. The Morgan fingerprint density at radius 1 is 0.301 bits per heavy atom. The first-order valence-electron chi connectivity index (χ1n) is 25.8. The Morgan fingerprint density at radius 2 is 0.630 bits per heavy atom. The molecule has 2 fully saturated rings. The summed E-state index contributed by atoms with van der Waals surface area (Å²) in [4.78, 5) is 4.43. The lowest BCUT2D eigenvalue weighted by atomic mass is 9.95. The number of fused-ring (bicyclic) bond motifs is 13. The van der Waals surface area contributed by atoms with Gasteiger partial charge in [0, 0.05) is 65.2 Å². The van der Waals surface area contributed by atoms with Gasteiger partial charge in [-0.3, -0.25) is 0 Å². The summed E-state index contributed by atoms with van der Waals surface area (Å²) >= 11 is 0. The third-order valence-electron chi connectivity index (χ3n) is 16.2. The van der Waals surface area contributed by atoms with Gasteiger partial charge in [-0.1, -0.05) is 135 Å². The number of para-hydroxylation sites is 4. The van der Waals surface area contributed by atoms with Crippen molar-refractivity contribution >= 4 is 121 Å². The van der Waals surface area contributed by atoms with Gasteiger partial charge >= 0.3 is 0 Å². The van der Waals surface area contributed by atoms with Crippen LogP contribution >= 0.6 is 0 Å². The number of rotatable bonds is 8. The lowest BCUT2D eigenvalue weighted by Crippen LogP contribution is -2.11. The predicted molar refractivity (Wildman–Crippen MR) is 295 cm³/mol. The van der Waals surface area contributed by atoms with Crippen molar-refractivity contribution in [2.24, 2.45) is 0 Å². The van der Waals surface area contributed by atoms with Gasteiger partial charge in [0.05, 0.1) is 22.7 Å². The fourth-order valence-corrected chi connectivity index (χ4v) is 12.9. The van der Waals surface area contributed by atoms with Gasteiger partial charge in [-0.25, -0.2) is 8.78 Å². The summed E-state index contributed by atoms with van der Waals surface area (Å²) in [6.07, 6.45) is 9.53. The molecule has 3 heterocycles. The normalized spacial score (nSPS) is 14.7. The Kier molecular flexibility index (Phi) is 9.60. The molecular formula is C66H48F2N2O3. The van der Waals surface area contributed by atoms with Crippen LogP contribution in [0, 0.1) is 11.6 Å². The maximum atomic E-state index is 15.0. The van der Waals surface area contributed by atoms with Crippen LogP contribution in [0.25, 0.3) is 87.4 Å². The quantitative estimate of drug-likeness (QED) is 0.152. The van der Waals surface area contributed by atoms with Crippen molar-refractivity contribution in [3.8, 4) is 0 Å². The topological polar surface area (TPSA) is 45.9 Å². The molecule has 3 aromatic heterocycles. The molecular weight excluding hydrogens is 907 g/mol. The van der Waals surface area contributed by atoms with E-state index in [-0.39, 0.29) is 11.6 Å². The van der Waals surface area contributed by atoms with Gasteiger partial charge in [0.1, 0.15) is 34.0 Å². The van der Waals surface area contributed by atoms with E-state index in [4.69, 9.17) is 13.3 Å². The molecule has 0 spiro atoms. The first-order valence-corrected chi connectivity index (χ1v) is 25.8. The molecule has 13 aromatic rings. The summed E-state index contributed by atoms with van der Waals surface area (Å²) in [5.41, 5.74) is 12.5. The van der Waals surface area contributed by atoms with Crippen LogP contribution in [0.15, 0.2) is 195 Å². The zero-order valence-electron chi connectivity index (χ0n) is 40.0. The maximum absolute atomic E-state index is 15.0. The largest absolute Gasteiger partial charge is 0.455 e. The highest BCUT2D eigenvalue weighted by molar-refractivity contribution is 6.26. The molecule has 0 unspecified atom stereocenters. The van der Waals surface area contributed by atoms with E-state index < -0.39 is 0 Å². The third-order valence-corrected chi connectivity index (χ3v) is 16.2. The fourth-order valence-electron chi connectivity index (χ4n) is 12.9. The van der Waals surface area contributed by atoms with Crippen LogP contribution in [-0.4, -0.2) is 0 Å². The lowest BCUT2D eigenvalue weighted by molar-refractivity contribution is 0.627. The summed E-state index contributed by atoms with van der Waals surface area (Å²) in [5.74, 6) is 0.293. The van der Waals surface area contributed by atoms with Crippen molar-refractivity contribution < 1.29 is 22.0 Å². The van der Waals surface area contributed by atoms with Gasteiger partial charge in [0.15, 0.2) is 11.2 Å². The Hall–Kier alpha value is -8.42. The summed E-state index contributed by atoms with van der Waals surface area (Å²) in [6, 6.07) is 60.5. The van der Waals surface area contributed by atoms with Crippen molar-refractivity contribution in [1.29, 1.82) is 0 Å². The Labute approximate surface area is 419 Å². The van der Waals surface area contributed by atoms with Gasteiger partial charge in [0.2, 0.25) is 0 Å². The average molecular weight is 955 g/mol. The van der Waals surface area contributed by atoms with Crippen molar-refractivity contribution in [1.82, 2.24) is 0 Å². The van der Waals surface area contributed by atoms with Crippen LogP contribution < -0.4 is 9.80 Å². The minimum atomic E-state index is -0.314. The van der Waals surface area contributed by atoms with E-state index in [1.807, 2.05) is 24.3 Å². The first kappa shape index (κ1) is 42.3. The predicted octanol–water partition coefficient (Wildman–Crippen LogP) is 20.2. The maximum Gasteiger partial charge on any atom is 0.159 e. The zero-order chi connectivity index (χ0) is 48.3. The van der Waals surface area contributed by atoms with E-state index in [9.17, 15) is 8.78 Å². The minimum Gasteiger partial charge on any atom is -0.455 e. The molecule has 0 aliphatic heterocycles. The minimum absolute atomic E-state index is 0.314. The van der Waals surface area contributed by atoms with Crippen LogP contribution in [0.1, 0.15) is 74.3 Å². The molecule has 7 heteroatoms. The number of anilines is 6. The van der Waals surface area contributed by atoms with E-state index in [1.54, 1.807) is 0 Å². The van der Waals surface area contributed by atoms with Crippen molar-refractivity contribution in [3.05, 3.63) is 205 Å². The van der Waals surface area contributed by atoms with Crippen LogP contribution in [0.3, 0.4) is 0 Å². The molecule has 0 atom stereocenters. The Balaban J connectivity index is 1.01. The van der Waals surface area contributed by atoms with Crippen LogP contribution in [-0.2, 0) is 0 Å². The van der Waals surface area contributed by atoms with E-state index in [1.165, 1.54) is 61.1 Å². The number of nitrogens with zero attached hydrogens (tertiary/aromatic N) is 2. The molecule has 2 aliphatic carbocycles. The fraction of sp³-hybridized carbons (Fsp3) is 0.152. The molecule has 2 aliphatic rings. The van der Waals surface area contributed by atoms with Gasteiger partial charge in [-0.2, -0.15) is 0 Å². The number of halogens is 2. The van der Waals surface area contributed by atoms with Crippen molar-refractivity contribution in [2.75, 3.05) is 9.80 Å². The first-order chi connectivity index (χ1) is 36.0. The summed E-state index contributed by atoms with van der Waals surface area (Å²) in [7, 11) is 0. The number of benzene rings is 10. The van der Waals surface area contributed by atoms with Gasteiger partial charge < -0.3 is 23.1 Å². The summed E-state index contributed by atoms with van der Waals surface area (Å²) < 4.78 is 51.4. The van der Waals surface area contributed by atoms with Crippen molar-refractivity contribution in [2.45, 2.75) is 63.2 Å². The lowest BCUT2D eigenvalue weighted by Gasteiger charge is -2.27. The van der Waals surface area contributed by atoms with Crippen LogP contribution in [0.5, 0.6) is 0 Å². The highest BCUT2D eigenvalue weighted by atomic mass is 19.1. The average Bonchev–Trinajstić information content (AvgIpc) is 4.31. The molecule has 0 bridgehead atoms. The molecule has 2 saturated carbocycles. The zero-order valence-corrected chi connectivity index (χ0v) is 40.0. The second-order valence-electron chi connectivity index (χ2n) is 20.3. The van der Waals surface area contributed by atoms with Crippen molar-refractivity contribution in [3.63, 3.8) is 0 Å². The number of hydrogen-bond acceptors (Lipinski definition) is 5. The smallest absolute Gasteiger partial charge is 0.159 e. The molecule has 0 saturated heterocycles. The molecule has 10 aromatic carbocycles. The number of hydrogen-bond donors (Lipinski definition) is 0. The monoisotopic (exact) mass is 954 g/mol. The van der Waals surface area contributed by atoms with E-state index >= 15 is 0 Å². The molecule has 354 valence electrons. The van der Waals surface area contributed by atoms with Crippen LogP contribution in [0.2, 0.25) is 0 Å². The molecule has 5 nitrogen and oxygen atoms in total. The molecule has 0 amide bonds. The highest BCUT2D eigenvalue weighted by Gasteiger charge is 2.29. The van der Waals surface area contributed by atoms with Gasteiger partial charge in [-0.05, 0) is 121 Å². The van der Waals surface area contributed by atoms with Crippen LogP contribution in [0.4, 0.5) is 42.9 Å². The Morgan fingerprint density at radius 3 is 1.04 bits per heavy atom. The standard InChI is InChI=1S/C66H48F2N2O3/c67-41-29-33-43(34-30-41)69(57-27-11-25-53-51-23-9-21-45(39-13-1-2-14-39)61(51)72-65(53)57)59-37-55-56-38-60(48-18-6-8-20-50(48)64(56)71-63(55)49-19-7-5-17-47(49)59)70(44-35-31-42(68)32-36-44)58-28-12-26-54-52-24-10-22-46(40-15-3-4-16-40)62(52)73-66(54)58/h5-12,17-40H,1-4,13-16H2. The molecule has 15 rings (SSSR count). The second-order valence-corrected chi connectivity index (χ2v) is 20.3. The Bertz CT molecular complexity index is 4050. The van der Waals surface area contributed by atoms with Gasteiger partial charge in [0.25, 0.3) is 0 Å². The second kappa shape index (κ2) is 16.6. The summed E-state index contributed by atoms with van der Waals surface area (Å²) in [5, 5.41) is 9.87. The summed E-state index contributed by atoms with van der Waals surface area (Å²) in [6.45, 7) is 0. The molecule has 0 N–H and O–H groups in total. The van der Waals surface area contributed by atoms with E-state index in [2.05, 4.69) is 143 Å². The molecule has 73 heavy (non-hydrogen) atoms. The SMILES string of the molecule is Fc1ccc(N(c2cc3c4cc(N(c5ccc(F)cc5)c5cccc6c5oc5c(C7CCCC7)cccc56)c5ccccc5c4oc3c3ccccc23)c2cccc3c2oc2c(C4CCCC4)cccc23)cc1. The highest BCUT2D eigenvalue weighted by Crippen LogP contribution is 2.52. The van der Waals surface area contributed by atoms with E-state index in [0.717, 1.165) is 147 Å². The molecule has 0 radical (unpaired) electrons. The third kappa shape index (κ3) is 6.57. The van der Waals surface area contributed by atoms with Gasteiger partial charge in [-0.15, -0.1) is 0 Å². The van der Waals surface area contributed by atoms with E-state index in [0.29, 0.717) is 11.8 Å².